The average Bonchev–Trinajstić information content (AvgIpc) is 3.43. The molecule has 3 N–H and O–H groups in total. The van der Waals surface area contributed by atoms with Crippen LogP contribution in [0, 0.1) is 12.8 Å². The highest BCUT2D eigenvalue weighted by Gasteiger charge is 2.32. The Morgan fingerprint density at radius 2 is 1.70 bits per heavy atom. The van der Waals surface area contributed by atoms with Gasteiger partial charge in [-0.05, 0) is 96.9 Å². The second-order valence-electron chi connectivity index (χ2n) is 14.8. The SMILES string of the molecule is CC(=O)N[C@@H](CC(=O)OC(C)(C)C)C(=O)NC(C(=O)NCc1cc(OCCC2CCCN(C(=O)OC(C)(C)C)C2)ccc1C)c1cn(C)cn1. The Hall–Kier alpha value is -4.62. The third kappa shape index (κ3) is 13.4. The summed E-state index contributed by atoms with van der Waals surface area (Å²) in [7, 11) is 1.73. The van der Waals surface area contributed by atoms with E-state index in [1.54, 1.807) is 43.5 Å². The highest BCUT2D eigenvalue weighted by molar-refractivity contribution is 5.94. The molecule has 1 aliphatic rings. The number of likely N-dealkylation sites (tertiary alicyclic amines) is 1. The number of ether oxygens (including phenoxy) is 3. The molecule has 1 aliphatic heterocycles. The Labute approximate surface area is 295 Å². The van der Waals surface area contributed by atoms with Crippen molar-refractivity contribution >= 4 is 29.8 Å². The lowest BCUT2D eigenvalue weighted by Crippen LogP contribution is -2.51. The largest absolute Gasteiger partial charge is 0.494 e. The molecule has 2 unspecified atom stereocenters. The minimum absolute atomic E-state index is 0.140. The maximum atomic E-state index is 13.6. The molecule has 0 radical (unpaired) electrons. The number of hydrogen-bond donors (Lipinski definition) is 3. The number of hydrogen-bond acceptors (Lipinski definition) is 9. The van der Waals surface area contributed by atoms with E-state index in [0.717, 1.165) is 30.4 Å². The van der Waals surface area contributed by atoms with Crippen molar-refractivity contribution in [2.45, 2.75) is 111 Å². The van der Waals surface area contributed by atoms with Gasteiger partial charge in [0.05, 0.1) is 25.0 Å². The third-order valence-corrected chi connectivity index (χ3v) is 7.79. The van der Waals surface area contributed by atoms with Crippen molar-refractivity contribution in [2.75, 3.05) is 19.7 Å². The van der Waals surface area contributed by atoms with Crippen LogP contribution in [0.2, 0.25) is 0 Å². The van der Waals surface area contributed by atoms with E-state index in [9.17, 15) is 24.0 Å². The number of piperidine rings is 1. The highest BCUT2D eigenvalue weighted by Crippen LogP contribution is 2.24. The van der Waals surface area contributed by atoms with Crippen LogP contribution < -0.4 is 20.7 Å². The summed E-state index contributed by atoms with van der Waals surface area (Å²) >= 11 is 0. The van der Waals surface area contributed by atoms with Crippen LogP contribution in [0.3, 0.4) is 0 Å². The van der Waals surface area contributed by atoms with Gasteiger partial charge >= 0.3 is 12.1 Å². The van der Waals surface area contributed by atoms with E-state index in [4.69, 9.17) is 14.2 Å². The molecule has 3 rings (SSSR count). The molecule has 1 saturated heterocycles. The van der Waals surface area contributed by atoms with Crippen molar-refractivity contribution in [3.8, 4) is 5.75 Å². The lowest BCUT2D eigenvalue weighted by atomic mass is 9.95. The molecular weight excluding hydrogens is 644 g/mol. The van der Waals surface area contributed by atoms with Gasteiger partial charge in [0.2, 0.25) is 17.7 Å². The first-order chi connectivity index (χ1) is 23.3. The number of nitrogens with zero attached hydrogens (tertiary/aromatic N) is 3. The van der Waals surface area contributed by atoms with Crippen LogP contribution in [0.1, 0.15) is 97.0 Å². The van der Waals surface area contributed by atoms with Crippen LogP contribution in [0.5, 0.6) is 5.75 Å². The van der Waals surface area contributed by atoms with E-state index < -0.39 is 53.4 Å². The van der Waals surface area contributed by atoms with Crippen LogP contribution in [-0.2, 0) is 42.2 Å². The molecule has 50 heavy (non-hydrogen) atoms. The van der Waals surface area contributed by atoms with E-state index in [1.807, 2.05) is 45.9 Å². The van der Waals surface area contributed by atoms with E-state index >= 15 is 0 Å². The second kappa shape index (κ2) is 17.3. The van der Waals surface area contributed by atoms with Crippen molar-refractivity contribution in [1.82, 2.24) is 30.4 Å². The van der Waals surface area contributed by atoms with E-state index in [2.05, 4.69) is 20.9 Å². The van der Waals surface area contributed by atoms with Gasteiger partial charge in [0.25, 0.3) is 0 Å². The fourth-order valence-corrected chi connectivity index (χ4v) is 5.45. The van der Waals surface area contributed by atoms with Gasteiger partial charge < -0.3 is 39.6 Å². The van der Waals surface area contributed by atoms with Crippen molar-refractivity contribution in [2.24, 2.45) is 13.0 Å². The standard InChI is InChI=1S/C36H54N6O8/c1-23-12-13-27(48-16-14-25-11-10-15-42(20-25)34(47)50-36(6,7)8)17-26(23)19-37-33(46)31(29-21-41(9)22-38-29)40-32(45)28(39-24(2)43)18-30(44)49-35(3,4)5/h12-13,17,21-22,25,28,31H,10-11,14-16,18-20H2,1-9H3,(H,37,46)(H,39,43)(H,40,45)/t25?,28-,31?/m0/s1. The summed E-state index contributed by atoms with van der Waals surface area (Å²) in [4.78, 5) is 70.0. The summed E-state index contributed by atoms with van der Waals surface area (Å²) in [6.45, 7) is 15.8. The van der Waals surface area contributed by atoms with Crippen LogP contribution in [0.25, 0.3) is 0 Å². The van der Waals surface area contributed by atoms with Gasteiger partial charge in [-0.2, -0.15) is 0 Å². The zero-order valence-electron chi connectivity index (χ0n) is 30.9. The molecule has 2 aromatic rings. The third-order valence-electron chi connectivity index (χ3n) is 7.79. The van der Waals surface area contributed by atoms with Crippen molar-refractivity contribution in [3.05, 3.63) is 47.5 Å². The van der Waals surface area contributed by atoms with Gasteiger partial charge in [-0.15, -0.1) is 0 Å². The van der Waals surface area contributed by atoms with Gasteiger partial charge in [-0.3, -0.25) is 19.2 Å². The van der Waals surface area contributed by atoms with Crippen LogP contribution in [0.15, 0.2) is 30.7 Å². The second-order valence-corrected chi connectivity index (χ2v) is 14.8. The predicted octanol–water partition coefficient (Wildman–Crippen LogP) is 3.85. The Bertz CT molecular complexity index is 1510. The number of carbonyl (C=O) groups is 5. The molecule has 4 amide bonds. The molecule has 0 saturated carbocycles. The topological polar surface area (TPSA) is 170 Å². The number of carbonyl (C=O) groups excluding carboxylic acids is 5. The number of amides is 4. The summed E-state index contributed by atoms with van der Waals surface area (Å²) in [6.07, 6.45) is 5.09. The van der Waals surface area contributed by atoms with Gasteiger partial charge in [0.1, 0.15) is 23.0 Å². The molecule has 276 valence electrons. The van der Waals surface area contributed by atoms with Crippen LogP contribution >= 0.6 is 0 Å². The lowest BCUT2D eigenvalue weighted by Gasteiger charge is -2.34. The summed E-state index contributed by atoms with van der Waals surface area (Å²) in [5.74, 6) is -1.52. The normalized spacial score (nSPS) is 16.1. The number of benzene rings is 1. The molecule has 14 nitrogen and oxygen atoms in total. The zero-order chi connectivity index (χ0) is 37.2. The molecule has 0 aliphatic carbocycles. The molecule has 1 aromatic carbocycles. The summed E-state index contributed by atoms with van der Waals surface area (Å²) in [6, 6.07) is 3.17. The highest BCUT2D eigenvalue weighted by atomic mass is 16.6. The summed E-state index contributed by atoms with van der Waals surface area (Å²) in [5, 5.41) is 8.02. The molecule has 0 bridgehead atoms. The minimum atomic E-state index is -1.27. The Morgan fingerprint density at radius 3 is 2.32 bits per heavy atom. The minimum Gasteiger partial charge on any atom is -0.494 e. The lowest BCUT2D eigenvalue weighted by molar-refractivity contribution is -0.156. The smallest absolute Gasteiger partial charge is 0.410 e. The number of aryl methyl sites for hydroxylation is 2. The fourth-order valence-electron chi connectivity index (χ4n) is 5.45. The van der Waals surface area contributed by atoms with E-state index in [-0.39, 0.29) is 18.3 Å². The maximum Gasteiger partial charge on any atom is 0.410 e. The number of aromatic nitrogens is 2. The molecule has 2 heterocycles. The van der Waals surface area contributed by atoms with E-state index in [1.165, 1.54) is 13.3 Å². The predicted molar refractivity (Wildman–Crippen MR) is 186 cm³/mol. The summed E-state index contributed by atoms with van der Waals surface area (Å²) in [5.41, 5.74) is 0.699. The zero-order valence-corrected chi connectivity index (χ0v) is 30.9. The number of imidazole rings is 1. The molecular formula is C36H54N6O8. The monoisotopic (exact) mass is 698 g/mol. The molecule has 0 spiro atoms. The van der Waals surface area contributed by atoms with Crippen molar-refractivity contribution in [3.63, 3.8) is 0 Å². The quantitative estimate of drug-likeness (QED) is 0.263. The Balaban J connectivity index is 1.63. The number of rotatable bonds is 13. The van der Waals surface area contributed by atoms with Gasteiger partial charge in [-0.25, -0.2) is 9.78 Å². The molecule has 1 fully saturated rings. The van der Waals surface area contributed by atoms with Gasteiger partial charge in [-0.1, -0.05) is 6.07 Å². The van der Waals surface area contributed by atoms with Gasteiger partial charge in [0, 0.05) is 39.8 Å². The Kier molecular flexibility index (Phi) is 13.8. The van der Waals surface area contributed by atoms with Crippen molar-refractivity contribution < 1.29 is 38.2 Å². The summed E-state index contributed by atoms with van der Waals surface area (Å²) < 4.78 is 18.6. The van der Waals surface area contributed by atoms with Gasteiger partial charge in [0.15, 0.2) is 6.04 Å². The molecule has 14 heteroatoms. The average molecular weight is 699 g/mol. The van der Waals surface area contributed by atoms with Crippen molar-refractivity contribution in [1.29, 1.82) is 0 Å². The van der Waals surface area contributed by atoms with Crippen LogP contribution in [-0.4, -0.2) is 81.2 Å². The number of nitrogens with one attached hydrogen (secondary N) is 3. The van der Waals surface area contributed by atoms with E-state index in [0.29, 0.717) is 31.4 Å². The van der Waals surface area contributed by atoms with Crippen LogP contribution in [0.4, 0.5) is 4.79 Å². The first-order valence-electron chi connectivity index (χ1n) is 17.0. The first kappa shape index (κ1) is 39.8. The Morgan fingerprint density at radius 1 is 1.00 bits per heavy atom. The fraction of sp³-hybridized carbons (Fsp3) is 0.611. The molecule has 3 atom stereocenters. The maximum absolute atomic E-state index is 13.6. The molecule has 1 aromatic heterocycles. The first-order valence-corrected chi connectivity index (χ1v) is 17.0. The number of esters is 1.